The normalized spacial score (nSPS) is 19.2. The Bertz CT molecular complexity index is 417. The van der Waals surface area contributed by atoms with Crippen LogP contribution in [0.2, 0.25) is 0 Å². The Labute approximate surface area is 95.0 Å². The Kier molecular flexibility index (Phi) is 2.73. The first kappa shape index (κ1) is 10.8. The highest BCUT2D eigenvalue weighted by atomic mass is 16.5. The lowest BCUT2D eigenvalue weighted by Crippen LogP contribution is -2.45. The first-order valence-electron chi connectivity index (χ1n) is 5.55. The summed E-state index contributed by atoms with van der Waals surface area (Å²) in [7, 11) is 0. The van der Waals surface area contributed by atoms with Gasteiger partial charge in [-0.05, 0) is 31.5 Å². The molecule has 4 heteroatoms. The van der Waals surface area contributed by atoms with Gasteiger partial charge in [-0.2, -0.15) is 0 Å². The maximum absolute atomic E-state index is 12.0. The Morgan fingerprint density at radius 1 is 1.44 bits per heavy atom. The molecule has 0 spiro atoms. The van der Waals surface area contributed by atoms with Gasteiger partial charge < -0.3 is 15.4 Å². The van der Waals surface area contributed by atoms with Gasteiger partial charge in [-0.3, -0.25) is 4.79 Å². The van der Waals surface area contributed by atoms with Gasteiger partial charge in [0.1, 0.15) is 5.75 Å². The number of ether oxygens (including phenoxy) is 1. The van der Waals surface area contributed by atoms with Crippen molar-refractivity contribution in [3.8, 4) is 5.75 Å². The number of hydrogen-bond acceptors (Lipinski definition) is 3. The molecule has 1 heterocycles. The molecule has 0 radical (unpaired) electrons. The molecule has 2 rings (SSSR count). The number of nitrogens with two attached hydrogens (primary N) is 1. The van der Waals surface area contributed by atoms with Crippen LogP contribution in [0.5, 0.6) is 5.75 Å². The molecule has 0 fully saturated rings. The Hall–Kier alpha value is -1.71. The number of likely N-dealkylation sites (N-methyl/N-ethyl adjacent to an activating group) is 1. The average Bonchev–Trinajstić information content (AvgIpc) is 2.28. The topological polar surface area (TPSA) is 55.6 Å². The fourth-order valence-electron chi connectivity index (χ4n) is 1.93. The van der Waals surface area contributed by atoms with Gasteiger partial charge in [-0.15, -0.1) is 0 Å². The second-order valence-electron chi connectivity index (χ2n) is 3.82. The van der Waals surface area contributed by atoms with Crippen molar-refractivity contribution in [1.82, 2.24) is 0 Å². The molecule has 16 heavy (non-hydrogen) atoms. The summed E-state index contributed by atoms with van der Waals surface area (Å²) in [6.45, 7) is 4.52. The number of nitrogen functional groups attached to an aromatic ring is 1. The molecule has 0 saturated heterocycles. The molecule has 2 N–H and O–H groups in total. The van der Waals surface area contributed by atoms with Crippen LogP contribution in [0, 0.1) is 0 Å². The van der Waals surface area contributed by atoms with Gasteiger partial charge in [0.15, 0.2) is 6.10 Å². The van der Waals surface area contributed by atoms with E-state index in [-0.39, 0.29) is 12.0 Å². The summed E-state index contributed by atoms with van der Waals surface area (Å²) in [4.78, 5) is 13.7. The standard InChI is InChI=1S/C12H16N2O2/c1-3-10-12(15)14(4-2)9-7-8(13)5-6-11(9)16-10/h5-7,10H,3-4,13H2,1-2H3. The third kappa shape index (κ3) is 1.60. The fraction of sp³-hybridized carbons (Fsp3) is 0.417. The van der Waals surface area contributed by atoms with Crippen LogP contribution in [0.1, 0.15) is 20.3 Å². The van der Waals surface area contributed by atoms with Gasteiger partial charge in [-0.25, -0.2) is 0 Å². The van der Waals surface area contributed by atoms with Gasteiger partial charge in [0.2, 0.25) is 0 Å². The molecular formula is C12H16N2O2. The zero-order chi connectivity index (χ0) is 11.7. The van der Waals surface area contributed by atoms with Crippen LogP contribution >= 0.6 is 0 Å². The minimum atomic E-state index is -0.365. The molecule has 1 aromatic rings. The van der Waals surface area contributed by atoms with Crippen molar-refractivity contribution in [3.63, 3.8) is 0 Å². The maximum Gasteiger partial charge on any atom is 0.268 e. The molecule has 0 aromatic heterocycles. The maximum atomic E-state index is 12.0. The largest absolute Gasteiger partial charge is 0.478 e. The van der Waals surface area contributed by atoms with Gasteiger partial charge >= 0.3 is 0 Å². The van der Waals surface area contributed by atoms with Gasteiger partial charge in [0.25, 0.3) is 5.91 Å². The number of amides is 1. The summed E-state index contributed by atoms with van der Waals surface area (Å²) in [5.41, 5.74) is 7.14. The molecule has 1 unspecified atom stereocenters. The van der Waals surface area contributed by atoms with E-state index in [4.69, 9.17) is 10.5 Å². The van der Waals surface area contributed by atoms with Crippen molar-refractivity contribution in [2.75, 3.05) is 17.2 Å². The van der Waals surface area contributed by atoms with E-state index in [0.717, 1.165) is 11.4 Å². The molecule has 1 aromatic carbocycles. The van der Waals surface area contributed by atoms with Crippen molar-refractivity contribution in [2.45, 2.75) is 26.4 Å². The smallest absolute Gasteiger partial charge is 0.268 e. The summed E-state index contributed by atoms with van der Waals surface area (Å²) in [5, 5.41) is 0. The summed E-state index contributed by atoms with van der Waals surface area (Å²) in [6, 6.07) is 5.39. The number of benzene rings is 1. The average molecular weight is 220 g/mol. The highest BCUT2D eigenvalue weighted by Crippen LogP contribution is 2.35. The lowest BCUT2D eigenvalue weighted by molar-refractivity contribution is -0.126. The van der Waals surface area contributed by atoms with Crippen LogP contribution in [0.3, 0.4) is 0 Å². The summed E-state index contributed by atoms with van der Waals surface area (Å²) >= 11 is 0. The zero-order valence-corrected chi connectivity index (χ0v) is 9.56. The third-order valence-electron chi connectivity index (χ3n) is 2.77. The van der Waals surface area contributed by atoms with E-state index < -0.39 is 0 Å². The predicted molar refractivity (Wildman–Crippen MR) is 63.6 cm³/mol. The van der Waals surface area contributed by atoms with E-state index in [1.54, 1.807) is 17.0 Å². The molecule has 1 amide bonds. The van der Waals surface area contributed by atoms with Gasteiger partial charge in [0, 0.05) is 12.2 Å². The summed E-state index contributed by atoms with van der Waals surface area (Å²) in [6.07, 6.45) is 0.315. The predicted octanol–water partition coefficient (Wildman–Crippen LogP) is 1.79. The van der Waals surface area contributed by atoms with Gasteiger partial charge in [0.05, 0.1) is 5.69 Å². The van der Waals surface area contributed by atoms with Crippen LogP contribution < -0.4 is 15.4 Å². The Balaban J connectivity index is 2.47. The van der Waals surface area contributed by atoms with E-state index in [0.29, 0.717) is 18.7 Å². The van der Waals surface area contributed by atoms with Crippen LogP contribution in [0.25, 0.3) is 0 Å². The van der Waals surface area contributed by atoms with Crippen LogP contribution in [-0.2, 0) is 4.79 Å². The van der Waals surface area contributed by atoms with Crippen molar-refractivity contribution in [3.05, 3.63) is 18.2 Å². The summed E-state index contributed by atoms with van der Waals surface area (Å²) in [5.74, 6) is 0.755. The Morgan fingerprint density at radius 2 is 2.19 bits per heavy atom. The van der Waals surface area contributed by atoms with E-state index >= 15 is 0 Å². The Morgan fingerprint density at radius 3 is 2.81 bits per heavy atom. The second-order valence-corrected chi connectivity index (χ2v) is 3.82. The molecule has 0 aliphatic carbocycles. The van der Waals surface area contributed by atoms with Crippen LogP contribution in [0.4, 0.5) is 11.4 Å². The SMILES string of the molecule is CCC1Oc2ccc(N)cc2N(CC)C1=O. The quantitative estimate of drug-likeness (QED) is 0.773. The summed E-state index contributed by atoms with van der Waals surface area (Å²) < 4.78 is 5.63. The lowest BCUT2D eigenvalue weighted by atomic mass is 10.1. The lowest BCUT2D eigenvalue weighted by Gasteiger charge is -2.33. The molecule has 4 nitrogen and oxygen atoms in total. The van der Waals surface area contributed by atoms with Crippen molar-refractivity contribution >= 4 is 17.3 Å². The highest BCUT2D eigenvalue weighted by Gasteiger charge is 2.32. The molecule has 86 valence electrons. The second kappa shape index (κ2) is 4.04. The van der Waals surface area contributed by atoms with Crippen LogP contribution in [0.15, 0.2) is 18.2 Å². The molecule has 1 atom stereocenters. The number of hydrogen-bond donors (Lipinski definition) is 1. The number of rotatable bonds is 2. The van der Waals surface area contributed by atoms with Crippen LogP contribution in [-0.4, -0.2) is 18.6 Å². The van der Waals surface area contributed by atoms with Gasteiger partial charge in [-0.1, -0.05) is 6.92 Å². The molecule has 0 saturated carbocycles. The number of anilines is 2. The molecule has 0 bridgehead atoms. The monoisotopic (exact) mass is 220 g/mol. The van der Waals surface area contributed by atoms with Crippen molar-refractivity contribution in [1.29, 1.82) is 0 Å². The van der Waals surface area contributed by atoms with E-state index in [2.05, 4.69) is 0 Å². The number of carbonyl (C=O) groups excluding carboxylic acids is 1. The number of fused-ring (bicyclic) bond motifs is 1. The fourth-order valence-corrected chi connectivity index (χ4v) is 1.93. The zero-order valence-electron chi connectivity index (χ0n) is 9.56. The van der Waals surface area contributed by atoms with Crippen molar-refractivity contribution < 1.29 is 9.53 Å². The third-order valence-corrected chi connectivity index (χ3v) is 2.77. The molecule has 1 aliphatic rings. The molecule has 1 aliphatic heterocycles. The van der Waals surface area contributed by atoms with Crippen molar-refractivity contribution in [2.24, 2.45) is 0 Å². The highest BCUT2D eigenvalue weighted by molar-refractivity contribution is 6.00. The minimum Gasteiger partial charge on any atom is -0.478 e. The van der Waals surface area contributed by atoms with E-state index in [1.165, 1.54) is 0 Å². The first-order valence-corrected chi connectivity index (χ1v) is 5.55. The number of nitrogens with zero attached hydrogens (tertiary/aromatic N) is 1. The van der Waals surface area contributed by atoms with E-state index in [1.807, 2.05) is 19.9 Å². The van der Waals surface area contributed by atoms with E-state index in [9.17, 15) is 4.79 Å². The first-order chi connectivity index (χ1) is 7.67. The minimum absolute atomic E-state index is 0.0168. The number of carbonyl (C=O) groups is 1. The molecular weight excluding hydrogens is 204 g/mol.